The molecule has 1 amide bonds. The molecule has 3 rings (SSSR count). The molecule has 0 aromatic carbocycles. The van der Waals surface area contributed by atoms with Gasteiger partial charge < -0.3 is 0 Å². The number of carbonyl (C=O) groups excluding carboxylic acids is 1. The van der Waals surface area contributed by atoms with Crippen LogP contribution in [0.1, 0.15) is 11.8 Å². The number of hydrogen-bond donors (Lipinski definition) is 1. The number of carbonyl (C=O) groups is 1. The van der Waals surface area contributed by atoms with Gasteiger partial charge in [-0.1, -0.05) is 13.0 Å². The van der Waals surface area contributed by atoms with Gasteiger partial charge in [0.15, 0.2) is 0 Å². The molecule has 0 aliphatic carbocycles. The highest BCUT2D eigenvalue weighted by Gasteiger charge is 2.24. The Labute approximate surface area is 157 Å². The smallest absolute Gasteiger partial charge is 0.272 e. The fourth-order valence-electron chi connectivity index (χ4n) is 2.25. The fourth-order valence-corrected chi connectivity index (χ4v) is 5.50. The van der Waals surface area contributed by atoms with Gasteiger partial charge in [0.25, 0.3) is 21.5 Å². The van der Waals surface area contributed by atoms with Crippen molar-refractivity contribution in [3.63, 3.8) is 0 Å². The number of hydrogen-bond acceptors (Lipinski definition) is 7. The van der Waals surface area contributed by atoms with Gasteiger partial charge in [-0.05, 0) is 23.9 Å². The highest BCUT2D eigenvalue weighted by molar-refractivity contribution is 7.91. The molecule has 0 radical (unpaired) electrons. The first-order valence-electron chi connectivity index (χ1n) is 7.62. The molecule has 0 spiro atoms. The van der Waals surface area contributed by atoms with Crippen molar-refractivity contribution in [1.29, 1.82) is 0 Å². The molecule has 11 heteroatoms. The maximum atomic E-state index is 12.4. The third kappa shape index (κ3) is 3.56. The Bertz CT molecular complexity index is 1100. The quantitative estimate of drug-likeness (QED) is 0.661. The number of nitrogens with zero attached hydrogens (tertiary/aromatic N) is 3. The summed E-state index contributed by atoms with van der Waals surface area (Å²) in [4.78, 5) is 30.4. The molecule has 3 aromatic rings. The molecule has 0 bridgehead atoms. The van der Waals surface area contributed by atoms with Crippen molar-refractivity contribution in [3.8, 4) is 0 Å². The van der Waals surface area contributed by atoms with Crippen LogP contribution in [0.2, 0.25) is 0 Å². The van der Waals surface area contributed by atoms with Gasteiger partial charge in [0, 0.05) is 11.9 Å². The van der Waals surface area contributed by atoms with Crippen LogP contribution < -0.4 is 11.0 Å². The van der Waals surface area contributed by atoms with Crippen LogP contribution in [0.15, 0.2) is 38.9 Å². The van der Waals surface area contributed by atoms with Gasteiger partial charge in [-0.15, -0.1) is 22.7 Å². The molecule has 26 heavy (non-hydrogen) atoms. The van der Waals surface area contributed by atoms with Gasteiger partial charge in [0.05, 0.1) is 11.9 Å². The second-order valence-electron chi connectivity index (χ2n) is 5.43. The number of amides is 1. The molecule has 0 aliphatic heterocycles. The molecular formula is C15H16N4O4S3. The van der Waals surface area contributed by atoms with E-state index in [2.05, 4.69) is 10.4 Å². The van der Waals surface area contributed by atoms with Crippen molar-refractivity contribution in [1.82, 2.24) is 14.0 Å². The van der Waals surface area contributed by atoms with Gasteiger partial charge >= 0.3 is 0 Å². The van der Waals surface area contributed by atoms with Crippen LogP contribution in [0.25, 0.3) is 10.2 Å². The first kappa shape index (κ1) is 18.7. The minimum atomic E-state index is -3.74. The molecule has 0 unspecified atom stereocenters. The van der Waals surface area contributed by atoms with Crippen LogP contribution in [-0.4, -0.2) is 41.9 Å². The van der Waals surface area contributed by atoms with Crippen LogP contribution in [-0.2, 0) is 21.2 Å². The molecule has 1 N–H and O–H groups in total. The SMILES string of the molecule is CCc1cc2c(=O)n(NC(=O)CN(C)S(=O)(=O)c3cccs3)cnc2s1. The highest BCUT2D eigenvalue weighted by atomic mass is 32.2. The van der Waals surface area contributed by atoms with E-state index in [0.29, 0.717) is 10.2 Å². The van der Waals surface area contributed by atoms with E-state index in [0.717, 1.165) is 31.6 Å². The normalized spacial score (nSPS) is 12.0. The first-order valence-corrected chi connectivity index (χ1v) is 10.8. The largest absolute Gasteiger partial charge is 0.280 e. The Morgan fingerprint density at radius 2 is 2.19 bits per heavy atom. The third-order valence-electron chi connectivity index (χ3n) is 3.62. The summed E-state index contributed by atoms with van der Waals surface area (Å²) in [7, 11) is -2.43. The highest BCUT2D eigenvalue weighted by Crippen LogP contribution is 2.21. The minimum Gasteiger partial charge on any atom is -0.272 e. The zero-order valence-electron chi connectivity index (χ0n) is 14.0. The van der Waals surface area contributed by atoms with E-state index in [4.69, 9.17) is 0 Å². The molecule has 0 saturated heterocycles. The number of aryl methyl sites for hydroxylation is 1. The summed E-state index contributed by atoms with van der Waals surface area (Å²) in [6.45, 7) is 1.56. The maximum Gasteiger partial charge on any atom is 0.280 e. The molecule has 138 valence electrons. The summed E-state index contributed by atoms with van der Waals surface area (Å²) in [5, 5.41) is 2.07. The second kappa shape index (κ2) is 7.27. The average molecular weight is 413 g/mol. The molecule has 0 saturated carbocycles. The van der Waals surface area contributed by atoms with Gasteiger partial charge in [-0.25, -0.2) is 18.1 Å². The Morgan fingerprint density at radius 1 is 1.42 bits per heavy atom. The van der Waals surface area contributed by atoms with E-state index in [1.807, 2.05) is 6.92 Å². The summed E-state index contributed by atoms with van der Waals surface area (Å²) < 4.78 is 26.7. The third-order valence-corrected chi connectivity index (χ3v) is 7.99. The van der Waals surface area contributed by atoms with Crippen molar-refractivity contribution in [2.24, 2.45) is 0 Å². The monoisotopic (exact) mass is 412 g/mol. The van der Waals surface area contributed by atoms with Gasteiger partial charge in [0.1, 0.15) is 15.4 Å². The van der Waals surface area contributed by atoms with Crippen LogP contribution in [0.5, 0.6) is 0 Å². The molecule has 3 aromatic heterocycles. The van der Waals surface area contributed by atoms with E-state index in [1.165, 1.54) is 30.8 Å². The van der Waals surface area contributed by atoms with Crippen molar-refractivity contribution in [3.05, 3.63) is 45.1 Å². The zero-order valence-corrected chi connectivity index (χ0v) is 16.4. The number of thiophene rings is 2. The van der Waals surface area contributed by atoms with Gasteiger partial charge in [0.2, 0.25) is 0 Å². The predicted octanol–water partition coefficient (Wildman–Crippen LogP) is 1.47. The Morgan fingerprint density at radius 3 is 2.85 bits per heavy atom. The van der Waals surface area contributed by atoms with E-state index in [-0.39, 0.29) is 4.21 Å². The van der Waals surface area contributed by atoms with E-state index < -0.39 is 28.0 Å². The van der Waals surface area contributed by atoms with Crippen LogP contribution in [0.4, 0.5) is 0 Å². The summed E-state index contributed by atoms with van der Waals surface area (Å²) >= 11 is 2.50. The van der Waals surface area contributed by atoms with Gasteiger partial charge in [-0.2, -0.15) is 4.31 Å². The lowest BCUT2D eigenvalue weighted by Crippen LogP contribution is -2.40. The Balaban J connectivity index is 1.77. The number of rotatable bonds is 6. The zero-order chi connectivity index (χ0) is 18.9. The Hall–Kier alpha value is -2.08. The molecule has 0 atom stereocenters. The van der Waals surface area contributed by atoms with Crippen molar-refractivity contribution in [2.45, 2.75) is 17.6 Å². The molecule has 3 heterocycles. The molecular weight excluding hydrogens is 396 g/mol. The lowest BCUT2D eigenvalue weighted by molar-refractivity contribution is -0.117. The van der Waals surface area contributed by atoms with E-state index in [9.17, 15) is 18.0 Å². The van der Waals surface area contributed by atoms with Crippen LogP contribution >= 0.6 is 22.7 Å². The van der Waals surface area contributed by atoms with Gasteiger partial charge in [-0.3, -0.25) is 15.0 Å². The lowest BCUT2D eigenvalue weighted by atomic mass is 10.3. The Kier molecular flexibility index (Phi) is 5.23. The van der Waals surface area contributed by atoms with E-state index >= 15 is 0 Å². The number of nitrogens with one attached hydrogen (secondary N) is 1. The lowest BCUT2D eigenvalue weighted by Gasteiger charge is -2.16. The van der Waals surface area contributed by atoms with Crippen molar-refractivity contribution < 1.29 is 13.2 Å². The number of aromatic nitrogens is 2. The summed E-state index contributed by atoms with van der Waals surface area (Å²) in [6.07, 6.45) is 2.02. The van der Waals surface area contributed by atoms with E-state index in [1.54, 1.807) is 17.5 Å². The number of likely N-dealkylation sites (N-methyl/N-ethyl adjacent to an activating group) is 1. The summed E-state index contributed by atoms with van der Waals surface area (Å²) in [6, 6.07) is 4.85. The van der Waals surface area contributed by atoms with Crippen LogP contribution in [0, 0.1) is 0 Å². The number of fused-ring (bicyclic) bond motifs is 1. The minimum absolute atomic E-state index is 0.151. The molecule has 0 aliphatic rings. The fraction of sp³-hybridized carbons (Fsp3) is 0.267. The predicted molar refractivity (Wildman–Crippen MR) is 102 cm³/mol. The maximum absolute atomic E-state index is 12.4. The average Bonchev–Trinajstić information content (AvgIpc) is 3.26. The summed E-state index contributed by atoms with van der Waals surface area (Å²) in [5.74, 6) is -0.637. The van der Waals surface area contributed by atoms with Crippen LogP contribution in [0.3, 0.4) is 0 Å². The van der Waals surface area contributed by atoms with Crippen molar-refractivity contribution in [2.75, 3.05) is 19.0 Å². The topological polar surface area (TPSA) is 101 Å². The second-order valence-corrected chi connectivity index (χ2v) is 9.77. The first-order chi connectivity index (χ1) is 12.3. The summed E-state index contributed by atoms with van der Waals surface area (Å²) in [5.41, 5.74) is 1.98. The molecule has 8 nitrogen and oxygen atoms in total. The molecule has 0 fully saturated rings. The van der Waals surface area contributed by atoms with Crippen molar-refractivity contribution >= 4 is 48.8 Å². The number of sulfonamides is 1. The standard InChI is InChI=1S/C15H16N4O4S3/c1-3-10-7-11-14(25-10)16-9-19(15(11)21)17-12(20)8-18(2)26(22,23)13-5-4-6-24-13/h4-7,9H,3,8H2,1-2H3,(H,17,20).